The van der Waals surface area contributed by atoms with Gasteiger partial charge >= 0.3 is 0 Å². The fourth-order valence-electron chi connectivity index (χ4n) is 4.66. The van der Waals surface area contributed by atoms with E-state index in [0.717, 1.165) is 22.0 Å². The zero-order valence-corrected chi connectivity index (χ0v) is 26.5. The number of sulfonamides is 1. The van der Waals surface area contributed by atoms with Gasteiger partial charge in [-0.05, 0) is 67.4 Å². The molecule has 7 nitrogen and oxygen atoms in total. The molecule has 4 rings (SSSR count). The number of benzene rings is 4. The molecule has 0 aliphatic carbocycles. The van der Waals surface area contributed by atoms with Gasteiger partial charge in [-0.15, -0.1) is 0 Å². The normalized spacial score (nSPS) is 12.0. The maximum Gasteiger partial charge on any atom is 0.264 e. The molecule has 0 radical (unpaired) electrons. The molecule has 0 fully saturated rings. The average Bonchev–Trinajstić information content (AvgIpc) is 2.99. The molecule has 0 saturated carbocycles. The number of halogens is 3. The highest BCUT2D eigenvalue weighted by atomic mass is 35.5. The Bertz CT molecular complexity index is 1710. The van der Waals surface area contributed by atoms with Crippen molar-refractivity contribution in [3.05, 3.63) is 130 Å². The van der Waals surface area contributed by atoms with Crippen molar-refractivity contribution in [2.75, 3.05) is 10.8 Å². The van der Waals surface area contributed by atoms with Gasteiger partial charge in [0, 0.05) is 24.0 Å². The largest absolute Gasteiger partial charge is 0.352 e. The summed E-state index contributed by atoms with van der Waals surface area (Å²) in [5, 5.41) is 3.03. The van der Waals surface area contributed by atoms with Crippen LogP contribution in [0.2, 0.25) is 10.0 Å². The first kappa shape index (κ1) is 33.0. The molecule has 0 aliphatic heterocycles. The lowest BCUT2D eigenvalue weighted by atomic mass is 10.0. The second-order valence-corrected chi connectivity index (χ2v) is 13.1. The fraction of sp³-hybridized carbons (Fsp3) is 0.212. The molecule has 44 heavy (non-hydrogen) atoms. The highest BCUT2D eigenvalue weighted by molar-refractivity contribution is 7.92. The Morgan fingerprint density at radius 3 is 2.09 bits per heavy atom. The summed E-state index contributed by atoms with van der Waals surface area (Å²) in [4.78, 5) is 29.3. The first-order chi connectivity index (χ1) is 21.0. The topological polar surface area (TPSA) is 86.8 Å². The van der Waals surface area contributed by atoms with Gasteiger partial charge in [-0.2, -0.15) is 0 Å². The number of amides is 2. The third-order valence-electron chi connectivity index (χ3n) is 6.75. The quantitative estimate of drug-likeness (QED) is 0.189. The number of carbonyl (C=O) groups excluding carboxylic acids is 2. The molecule has 1 N–H and O–H groups in total. The molecule has 230 valence electrons. The number of nitrogens with one attached hydrogen (secondary N) is 1. The molecule has 0 aliphatic rings. The summed E-state index contributed by atoms with van der Waals surface area (Å²) in [5.74, 6) is -1.80. The van der Waals surface area contributed by atoms with Crippen molar-refractivity contribution in [3.63, 3.8) is 0 Å². The van der Waals surface area contributed by atoms with Crippen LogP contribution in [0.4, 0.5) is 10.1 Å². The van der Waals surface area contributed by atoms with Gasteiger partial charge in [0.15, 0.2) is 0 Å². The highest BCUT2D eigenvalue weighted by Crippen LogP contribution is 2.28. The van der Waals surface area contributed by atoms with Gasteiger partial charge in [0.25, 0.3) is 10.0 Å². The summed E-state index contributed by atoms with van der Waals surface area (Å²) in [7, 11) is -4.33. The molecule has 0 spiro atoms. The van der Waals surface area contributed by atoms with Crippen LogP contribution in [0.3, 0.4) is 0 Å². The number of nitrogens with zero attached hydrogens (tertiary/aromatic N) is 2. The van der Waals surface area contributed by atoms with E-state index in [9.17, 15) is 22.4 Å². The average molecular weight is 657 g/mol. The number of hydrogen-bond donors (Lipinski definition) is 1. The monoisotopic (exact) mass is 655 g/mol. The SMILES string of the molecule is CC(C)NC(=O)[C@@H](Cc1ccccc1)N(Cc1cccc(Cl)c1)C(=O)CN(c1ccc(F)c(Cl)c1)S(=O)(=O)c1ccccc1. The van der Waals surface area contributed by atoms with E-state index >= 15 is 0 Å². The molecule has 2 amide bonds. The van der Waals surface area contributed by atoms with E-state index in [0.29, 0.717) is 10.6 Å². The van der Waals surface area contributed by atoms with Crippen molar-refractivity contribution in [1.29, 1.82) is 0 Å². The zero-order valence-electron chi connectivity index (χ0n) is 24.2. The summed E-state index contributed by atoms with van der Waals surface area (Å²) in [6, 6.07) is 25.9. The fourth-order valence-corrected chi connectivity index (χ4v) is 6.47. The van der Waals surface area contributed by atoms with Crippen LogP contribution in [0.5, 0.6) is 0 Å². The van der Waals surface area contributed by atoms with Crippen molar-refractivity contribution in [3.8, 4) is 0 Å². The van der Waals surface area contributed by atoms with E-state index in [1.807, 2.05) is 44.2 Å². The van der Waals surface area contributed by atoms with Crippen LogP contribution in [0.1, 0.15) is 25.0 Å². The number of hydrogen-bond acceptors (Lipinski definition) is 4. The van der Waals surface area contributed by atoms with Gasteiger partial charge in [0.05, 0.1) is 15.6 Å². The predicted octanol–water partition coefficient (Wildman–Crippen LogP) is 6.49. The Morgan fingerprint density at radius 1 is 0.841 bits per heavy atom. The zero-order chi connectivity index (χ0) is 31.9. The van der Waals surface area contributed by atoms with Crippen LogP contribution in [-0.4, -0.2) is 43.8 Å². The Hall–Kier alpha value is -3.92. The van der Waals surface area contributed by atoms with Crippen molar-refractivity contribution >= 4 is 50.7 Å². The Balaban J connectivity index is 1.82. The summed E-state index contributed by atoms with van der Waals surface area (Å²) < 4.78 is 42.9. The number of carbonyl (C=O) groups is 2. The van der Waals surface area contributed by atoms with E-state index in [1.54, 1.807) is 42.5 Å². The third-order valence-corrected chi connectivity index (χ3v) is 9.06. The summed E-state index contributed by atoms with van der Waals surface area (Å²) in [6.45, 7) is 2.89. The second kappa shape index (κ2) is 14.7. The summed E-state index contributed by atoms with van der Waals surface area (Å²) in [6.07, 6.45) is 0.166. The molecule has 11 heteroatoms. The van der Waals surface area contributed by atoms with E-state index < -0.39 is 40.2 Å². The van der Waals surface area contributed by atoms with Crippen LogP contribution in [0.25, 0.3) is 0 Å². The van der Waals surface area contributed by atoms with E-state index in [2.05, 4.69) is 5.32 Å². The number of anilines is 1. The molecular weight excluding hydrogens is 624 g/mol. The maximum atomic E-state index is 14.4. The molecule has 4 aromatic rings. The van der Waals surface area contributed by atoms with E-state index in [-0.39, 0.29) is 34.6 Å². The first-order valence-electron chi connectivity index (χ1n) is 13.9. The highest BCUT2D eigenvalue weighted by Gasteiger charge is 2.35. The van der Waals surface area contributed by atoms with Gasteiger partial charge in [-0.3, -0.25) is 13.9 Å². The molecule has 0 heterocycles. The van der Waals surface area contributed by atoms with E-state index in [4.69, 9.17) is 23.2 Å². The van der Waals surface area contributed by atoms with Gasteiger partial charge in [0.1, 0.15) is 18.4 Å². The van der Waals surface area contributed by atoms with E-state index in [1.165, 1.54) is 23.1 Å². The third kappa shape index (κ3) is 8.37. The molecule has 0 aromatic heterocycles. The maximum absolute atomic E-state index is 14.4. The van der Waals surface area contributed by atoms with Crippen LogP contribution in [0, 0.1) is 5.82 Å². The van der Waals surface area contributed by atoms with Gasteiger partial charge in [0.2, 0.25) is 11.8 Å². The lowest BCUT2D eigenvalue weighted by Gasteiger charge is -2.34. The van der Waals surface area contributed by atoms with Crippen molar-refractivity contribution in [1.82, 2.24) is 10.2 Å². The first-order valence-corrected chi connectivity index (χ1v) is 16.1. The van der Waals surface area contributed by atoms with Crippen LogP contribution in [0.15, 0.2) is 108 Å². The minimum Gasteiger partial charge on any atom is -0.352 e. The van der Waals surface area contributed by atoms with Gasteiger partial charge < -0.3 is 10.2 Å². The lowest BCUT2D eigenvalue weighted by Crippen LogP contribution is -2.54. The van der Waals surface area contributed by atoms with Crippen molar-refractivity contribution < 1.29 is 22.4 Å². The lowest BCUT2D eigenvalue weighted by molar-refractivity contribution is -0.140. The van der Waals surface area contributed by atoms with Crippen LogP contribution >= 0.6 is 23.2 Å². The molecule has 0 bridgehead atoms. The molecule has 1 atom stereocenters. The van der Waals surface area contributed by atoms with Gasteiger partial charge in [-0.25, -0.2) is 12.8 Å². The van der Waals surface area contributed by atoms with Gasteiger partial charge in [-0.1, -0.05) is 83.9 Å². The molecule has 4 aromatic carbocycles. The van der Waals surface area contributed by atoms with Crippen LogP contribution in [-0.2, 0) is 32.6 Å². The number of rotatable bonds is 12. The van der Waals surface area contributed by atoms with Crippen molar-refractivity contribution in [2.24, 2.45) is 0 Å². The molecule has 0 unspecified atom stereocenters. The molecule has 0 saturated heterocycles. The Labute approximate surface area is 267 Å². The second-order valence-electron chi connectivity index (χ2n) is 10.4. The standard InChI is InChI=1S/C33H32Cl2FN3O4S/c1-23(2)37-33(41)31(19-24-10-5-3-6-11-24)38(21-25-12-9-13-26(34)18-25)32(40)22-39(27-16-17-30(36)29(35)20-27)44(42,43)28-14-7-4-8-15-28/h3-18,20,23,31H,19,21-22H2,1-2H3,(H,37,41)/t31-/m1/s1. The van der Waals surface area contributed by atoms with Crippen LogP contribution < -0.4 is 9.62 Å². The Morgan fingerprint density at radius 2 is 1.48 bits per heavy atom. The smallest absolute Gasteiger partial charge is 0.264 e. The Kier molecular flexibility index (Phi) is 11.0. The minimum atomic E-state index is -4.33. The predicted molar refractivity (Wildman–Crippen MR) is 172 cm³/mol. The summed E-state index contributed by atoms with van der Waals surface area (Å²) >= 11 is 12.3. The molecular formula is C33H32Cl2FN3O4S. The van der Waals surface area contributed by atoms with Crippen molar-refractivity contribution in [2.45, 2.75) is 43.8 Å². The minimum absolute atomic E-state index is 0.0115. The summed E-state index contributed by atoms with van der Waals surface area (Å²) in [5.41, 5.74) is 1.44.